The SMILES string of the molecule is CC[N+](CC)(CC)CC.[F-].[F-].[NH4+]. The minimum Gasteiger partial charge on any atom is -1.00 e. The monoisotopic (exact) mass is 186 g/mol. The van der Waals surface area contributed by atoms with Gasteiger partial charge in [-0.15, -0.1) is 0 Å². The first-order chi connectivity index (χ1) is 4.24. The van der Waals surface area contributed by atoms with E-state index >= 15 is 0 Å². The second kappa shape index (κ2) is 10.8. The molecule has 0 radical (unpaired) electrons. The Balaban J connectivity index is -0.000000107. The Labute approximate surface area is 74.9 Å². The zero-order valence-electron chi connectivity index (χ0n) is 9.03. The summed E-state index contributed by atoms with van der Waals surface area (Å²) < 4.78 is 1.28. The molecule has 4 N–H and O–H groups in total. The Bertz CT molecular complexity index is 57.9. The summed E-state index contributed by atoms with van der Waals surface area (Å²) >= 11 is 0. The second-order valence-electron chi connectivity index (χ2n) is 2.61. The Kier molecular flexibility index (Phi) is 20.3. The second-order valence-corrected chi connectivity index (χ2v) is 2.61. The summed E-state index contributed by atoms with van der Waals surface area (Å²) in [6.07, 6.45) is 0. The molecule has 0 bridgehead atoms. The number of hydrogen-bond acceptors (Lipinski definition) is 0. The summed E-state index contributed by atoms with van der Waals surface area (Å²) in [4.78, 5) is 0. The molecule has 0 aliphatic rings. The molecule has 80 valence electrons. The number of rotatable bonds is 4. The molecular weight excluding hydrogens is 162 g/mol. The maximum Gasteiger partial charge on any atom is 0.0757 e. The molecule has 0 fully saturated rings. The first kappa shape index (κ1) is 22.6. The topological polar surface area (TPSA) is 36.5 Å². The smallest absolute Gasteiger partial charge is 0.0757 e. The summed E-state index contributed by atoms with van der Waals surface area (Å²) in [7, 11) is 0. The molecule has 0 atom stereocenters. The van der Waals surface area contributed by atoms with Crippen LogP contribution < -0.4 is 15.6 Å². The molecule has 0 amide bonds. The summed E-state index contributed by atoms with van der Waals surface area (Å²) in [5, 5.41) is 0. The van der Waals surface area contributed by atoms with E-state index in [0.29, 0.717) is 0 Å². The van der Waals surface area contributed by atoms with Gasteiger partial charge in [-0.25, -0.2) is 0 Å². The number of hydrogen-bond donors (Lipinski definition) is 1. The van der Waals surface area contributed by atoms with Crippen molar-refractivity contribution in [3.63, 3.8) is 0 Å². The lowest BCUT2D eigenvalue weighted by Gasteiger charge is -2.34. The lowest BCUT2D eigenvalue weighted by molar-refractivity contribution is -0.921. The molecule has 2 nitrogen and oxygen atoms in total. The Hall–Kier alpha value is -0.220. The zero-order chi connectivity index (χ0) is 7.33. The van der Waals surface area contributed by atoms with Crippen LogP contribution in [-0.2, 0) is 0 Å². The van der Waals surface area contributed by atoms with Gasteiger partial charge >= 0.3 is 0 Å². The fourth-order valence-electron chi connectivity index (χ4n) is 1.34. The Morgan fingerprint density at radius 1 is 0.667 bits per heavy atom. The normalized spacial score (nSPS) is 9.00. The first-order valence-electron chi connectivity index (χ1n) is 4.09. The minimum atomic E-state index is 0. The highest BCUT2D eigenvalue weighted by Gasteiger charge is 2.16. The van der Waals surface area contributed by atoms with Crippen LogP contribution in [0.25, 0.3) is 0 Å². The maximum atomic E-state index is 2.27. The van der Waals surface area contributed by atoms with E-state index < -0.39 is 0 Å². The van der Waals surface area contributed by atoms with Gasteiger partial charge in [0.2, 0.25) is 0 Å². The van der Waals surface area contributed by atoms with Crippen LogP contribution in [0.3, 0.4) is 0 Å². The minimum absolute atomic E-state index is 0. The van der Waals surface area contributed by atoms with Crippen LogP contribution >= 0.6 is 0 Å². The van der Waals surface area contributed by atoms with E-state index in [-0.39, 0.29) is 15.6 Å². The first-order valence-corrected chi connectivity index (χ1v) is 4.09. The molecule has 0 aliphatic carbocycles. The predicted molar refractivity (Wildman–Crippen MR) is 48.4 cm³/mol. The van der Waals surface area contributed by atoms with E-state index in [4.69, 9.17) is 0 Å². The quantitative estimate of drug-likeness (QED) is 0.438. The number of quaternary nitrogens is 2. The van der Waals surface area contributed by atoms with Crippen LogP contribution in [-0.4, -0.2) is 30.7 Å². The van der Waals surface area contributed by atoms with Crippen molar-refractivity contribution in [2.45, 2.75) is 27.7 Å². The summed E-state index contributed by atoms with van der Waals surface area (Å²) in [5.41, 5.74) is 0. The summed E-state index contributed by atoms with van der Waals surface area (Å²) in [5.74, 6) is 0. The van der Waals surface area contributed by atoms with Crippen LogP contribution in [0.5, 0.6) is 0 Å². The molecule has 0 heterocycles. The molecular formula is C8H24F2N2. The molecule has 12 heavy (non-hydrogen) atoms. The average molecular weight is 186 g/mol. The van der Waals surface area contributed by atoms with Gasteiger partial charge in [0.05, 0.1) is 26.2 Å². The fraction of sp³-hybridized carbons (Fsp3) is 1.00. The van der Waals surface area contributed by atoms with E-state index in [0.717, 1.165) is 0 Å². The molecule has 0 unspecified atom stereocenters. The molecule has 0 spiro atoms. The van der Waals surface area contributed by atoms with Crippen molar-refractivity contribution in [2.75, 3.05) is 26.2 Å². The standard InChI is InChI=1S/C8H20N.2FH.H3N/c1-5-9(6-2,7-3)8-4;;;/h5-8H2,1-4H3;2*1H;1H3/q+1;;;/p-1. The molecule has 0 saturated carbocycles. The van der Waals surface area contributed by atoms with E-state index in [1.807, 2.05) is 0 Å². The van der Waals surface area contributed by atoms with Crippen molar-refractivity contribution in [3.05, 3.63) is 0 Å². The van der Waals surface area contributed by atoms with Crippen molar-refractivity contribution < 1.29 is 13.9 Å². The van der Waals surface area contributed by atoms with Gasteiger partial charge in [0.1, 0.15) is 0 Å². The number of nitrogens with zero attached hydrogens (tertiary/aromatic N) is 1. The molecule has 4 heteroatoms. The van der Waals surface area contributed by atoms with E-state index in [2.05, 4.69) is 27.7 Å². The van der Waals surface area contributed by atoms with Gasteiger partial charge < -0.3 is 20.0 Å². The lowest BCUT2D eigenvalue weighted by atomic mass is 10.3. The van der Waals surface area contributed by atoms with E-state index in [9.17, 15) is 0 Å². The van der Waals surface area contributed by atoms with E-state index in [1.54, 1.807) is 0 Å². The zero-order valence-corrected chi connectivity index (χ0v) is 9.03. The van der Waals surface area contributed by atoms with Crippen LogP contribution in [0, 0.1) is 0 Å². The van der Waals surface area contributed by atoms with E-state index in [1.165, 1.54) is 30.7 Å². The van der Waals surface area contributed by atoms with Crippen LogP contribution in [0.2, 0.25) is 0 Å². The lowest BCUT2D eigenvalue weighted by Crippen LogP contribution is -3.00. The molecule has 0 aromatic heterocycles. The highest BCUT2D eigenvalue weighted by molar-refractivity contribution is 4.31. The largest absolute Gasteiger partial charge is 1.00 e. The van der Waals surface area contributed by atoms with Crippen molar-refractivity contribution >= 4 is 0 Å². The van der Waals surface area contributed by atoms with Crippen molar-refractivity contribution in [2.24, 2.45) is 0 Å². The number of halogens is 2. The average Bonchev–Trinajstić information content (AvgIpc) is 1.95. The van der Waals surface area contributed by atoms with Crippen LogP contribution in [0.15, 0.2) is 0 Å². The van der Waals surface area contributed by atoms with Gasteiger partial charge in [0, 0.05) is 0 Å². The highest BCUT2D eigenvalue weighted by atomic mass is 19.0. The fourth-order valence-corrected chi connectivity index (χ4v) is 1.34. The Morgan fingerprint density at radius 2 is 0.833 bits per heavy atom. The third kappa shape index (κ3) is 5.43. The third-order valence-corrected chi connectivity index (χ3v) is 2.68. The van der Waals surface area contributed by atoms with Crippen LogP contribution in [0.4, 0.5) is 0 Å². The van der Waals surface area contributed by atoms with Gasteiger partial charge in [0.15, 0.2) is 0 Å². The molecule has 0 aliphatic heterocycles. The molecule has 0 aromatic carbocycles. The van der Waals surface area contributed by atoms with Crippen LogP contribution in [0.1, 0.15) is 27.7 Å². The van der Waals surface area contributed by atoms with Gasteiger partial charge in [0.25, 0.3) is 0 Å². The summed E-state index contributed by atoms with van der Waals surface area (Å²) in [6.45, 7) is 14.2. The third-order valence-electron chi connectivity index (χ3n) is 2.68. The van der Waals surface area contributed by atoms with Gasteiger partial charge in [-0.3, -0.25) is 0 Å². The van der Waals surface area contributed by atoms with Gasteiger partial charge in [-0.2, -0.15) is 0 Å². The van der Waals surface area contributed by atoms with Gasteiger partial charge in [-0.05, 0) is 27.7 Å². The highest BCUT2D eigenvalue weighted by Crippen LogP contribution is 2.03. The maximum absolute atomic E-state index is 2.27. The Morgan fingerprint density at radius 3 is 0.833 bits per heavy atom. The van der Waals surface area contributed by atoms with Crippen molar-refractivity contribution in [1.29, 1.82) is 0 Å². The van der Waals surface area contributed by atoms with Gasteiger partial charge in [-0.1, -0.05) is 0 Å². The summed E-state index contributed by atoms with van der Waals surface area (Å²) in [6, 6.07) is 0. The molecule has 0 aromatic rings. The molecule has 0 saturated heterocycles. The van der Waals surface area contributed by atoms with Crippen molar-refractivity contribution in [3.8, 4) is 0 Å². The molecule has 0 rings (SSSR count). The van der Waals surface area contributed by atoms with Crippen molar-refractivity contribution in [1.82, 2.24) is 6.15 Å². The predicted octanol–water partition coefficient (Wildman–Crippen LogP) is -3.73.